The third-order valence-electron chi connectivity index (χ3n) is 12.9. The highest BCUT2D eigenvalue weighted by atomic mass is 16.5. The summed E-state index contributed by atoms with van der Waals surface area (Å²) in [6.45, 7) is 15.8. The number of urea groups is 1. The highest BCUT2D eigenvalue weighted by Gasteiger charge is 2.39. The first-order chi connectivity index (χ1) is 30.5. The first-order valence-corrected chi connectivity index (χ1v) is 23.6. The van der Waals surface area contributed by atoms with Crippen molar-refractivity contribution in [2.75, 3.05) is 66.1 Å². The molecule has 3 aliphatic rings. The molecule has 2 atom stereocenters. The number of nitrogens with zero attached hydrogens (tertiary/aromatic N) is 4. The largest absolute Gasteiger partial charge is 0.496 e. The van der Waals surface area contributed by atoms with Gasteiger partial charge in [-0.2, -0.15) is 0 Å². The molecule has 6 rings (SSSR count). The molecule has 63 heavy (non-hydrogen) atoms. The molecular formula is C51H74N6O6. The van der Waals surface area contributed by atoms with Crippen LogP contribution >= 0.6 is 0 Å². The molecular weight excluding hydrogens is 793 g/mol. The molecule has 2 bridgehead atoms. The molecule has 3 aromatic rings. The number of carbonyl (C=O) groups is 3. The molecule has 0 radical (unpaired) electrons. The minimum Gasteiger partial charge on any atom is -0.496 e. The Hall–Kier alpha value is -4.65. The van der Waals surface area contributed by atoms with Gasteiger partial charge in [0.05, 0.1) is 13.5 Å². The fourth-order valence-corrected chi connectivity index (χ4v) is 9.38. The minimum atomic E-state index is -0.152. The average Bonchev–Trinajstić information content (AvgIpc) is 3.26. The molecule has 0 aliphatic carbocycles. The van der Waals surface area contributed by atoms with Crippen LogP contribution in [0.5, 0.6) is 11.5 Å². The number of carbonyl (C=O) groups excluding carboxylic acids is 3. The predicted octanol–water partition coefficient (Wildman–Crippen LogP) is 7.28. The number of unbranched alkanes of at least 4 members (excludes halogenated alkanes) is 3. The topological polar surface area (TPSA) is 116 Å². The van der Waals surface area contributed by atoms with Gasteiger partial charge in [-0.1, -0.05) is 78.9 Å². The molecule has 3 aromatic carbocycles. The number of benzene rings is 3. The summed E-state index contributed by atoms with van der Waals surface area (Å²) in [6.07, 6.45) is 10.6. The standard InChI is InChI=1S/C51H74N6O6/c1-38(2)53-51(60)56(36-42-16-13-39(3)14-17-42)30-27-54-25-28-55(29-26-54)49(58)37-62-46-20-18-41(19-21-46)35-52-23-8-6-7-9-24-57-44-11-10-12-45(57)34-47(33-44)63-50(59)32-43-31-40(4)15-22-48(43)61-5/h13-22,31,38,44-45,47,52H,6-12,23-30,32-37H2,1-5H3,(H,53,60). The highest BCUT2D eigenvalue weighted by Crippen LogP contribution is 2.36. The summed E-state index contributed by atoms with van der Waals surface area (Å²) in [5, 5.41) is 6.63. The lowest BCUT2D eigenvalue weighted by atomic mass is 9.82. The van der Waals surface area contributed by atoms with Crippen LogP contribution < -0.4 is 20.1 Å². The van der Waals surface area contributed by atoms with Crippen LogP contribution in [-0.2, 0) is 33.8 Å². The van der Waals surface area contributed by atoms with Crippen molar-refractivity contribution in [2.45, 2.75) is 129 Å². The number of ether oxygens (including phenoxy) is 3. The van der Waals surface area contributed by atoms with E-state index >= 15 is 0 Å². The molecule has 12 heteroatoms. The van der Waals surface area contributed by atoms with Gasteiger partial charge < -0.3 is 34.6 Å². The summed E-state index contributed by atoms with van der Waals surface area (Å²) in [5.41, 5.74) is 5.51. The third kappa shape index (κ3) is 15.2. The maximum absolute atomic E-state index is 13.0. The summed E-state index contributed by atoms with van der Waals surface area (Å²) in [6, 6.07) is 23.3. The number of piperazine rings is 1. The monoisotopic (exact) mass is 867 g/mol. The first kappa shape index (κ1) is 47.8. The minimum absolute atomic E-state index is 0.000427. The molecule has 3 fully saturated rings. The van der Waals surface area contributed by atoms with Gasteiger partial charge in [0.1, 0.15) is 17.6 Å². The number of hydrogen-bond donors (Lipinski definition) is 2. The smallest absolute Gasteiger partial charge is 0.317 e. The van der Waals surface area contributed by atoms with Gasteiger partial charge in [0.25, 0.3) is 5.91 Å². The Morgan fingerprint density at radius 3 is 2.19 bits per heavy atom. The lowest BCUT2D eigenvalue weighted by molar-refractivity contribution is -0.154. The second kappa shape index (κ2) is 24.4. The summed E-state index contributed by atoms with van der Waals surface area (Å²) in [7, 11) is 1.65. The second-order valence-corrected chi connectivity index (χ2v) is 18.3. The fourth-order valence-electron chi connectivity index (χ4n) is 9.38. The van der Waals surface area contributed by atoms with Gasteiger partial charge in [-0.25, -0.2) is 4.79 Å². The Morgan fingerprint density at radius 1 is 0.810 bits per heavy atom. The van der Waals surface area contributed by atoms with E-state index in [1.165, 1.54) is 49.7 Å². The van der Waals surface area contributed by atoms with E-state index in [0.717, 1.165) is 81.0 Å². The van der Waals surface area contributed by atoms with Crippen molar-refractivity contribution < 1.29 is 28.6 Å². The second-order valence-electron chi connectivity index (χ2n) is 18.3. The van der Waals surface area contributed by atoms with Crippen molar-refractivity contribution >= 4 is 17.9 Å². The Bertz CT molecular complexity index is 1870. The molecule has 3 heterocycles. The number of aryl methyl sites for hydroxylation is 2. The molecule has 12 nitrogen and oxygen atoms in total. The van der Waals surface area contributed by atoms with Crippen molar-refractivity contribution in [3.63, 3.8) is 0 Å². The zero-order valence-corrected chi connectivity index (χ0v) is 38.7. The van der Waals surface area contributed by atoms with Gasteiger partial charge in [-0.15, -0.1) is 0 Å². The lowest BCUT2D eigenvalue weighted by Crippen LogP contribution is -2.54. The summed E-state index contributed by atoms with van der Waals surface area (Å²) in [5.74, 6) is 1.29. The van der Waals surface area contributed by atoms with Crippen LogP contribution in [0.25, 0.3) is 0 Å². The molecule has 3 amide bonds. The molecule has 0 saturated carbocycles. The zero-order chi connectivity index (χ0) is 44.6. The van der Waals surface area contributed by atoms with Crippen molar-refractivity contribution in [3.8, 4) is 11.5 Å². The van der Waals surface area contributed by atoms with Gasteiger partial charge in [-0.05, 0) is 95.8 Å². The number of piperidine rings is 2. The molecule has 344 valence electrons. The average molecular weight is 867 g/mol. The number of esters is 1. The number of amides is 3. The Kier molecular flexibility index (Phi) is 18.5. The Morgan fingerprint density at radius 2 is 1.49 bits per heavy atom. The zero-order valence-electron chi connectivity index (χ0n) is 38.7. The van der Waals surface area contributed by atoms with Crippen LogP contribution in [0.1, 0.15) is 99.5 Å². The quantitative estimate of drug-likeness (QED) is 0.0795. The van der Waals surface area contributed by atoms with Crippen molar-refractivity contribution in [1.29, 1.82) is 0 Å². The Labute approximate surface area is 377 Å². The van der Waals surface area contributed by atoms with Crippen LogP contribution in [0.15, 0.2) is 66.7 Å². The first-order valence-electron chi connectivity index (χ1n) is 23.6. The molecule has 3 aliphatic heterocycles. The number of nitrogens with one attached hydrogen (secondary N) is 2. The van der Waals surface area contributed by atoms with Crippen LogP contribution in [-0.4, -0.2) is 128 Å². The molecule has 2 N–H and O–H groups in total. The maximum atomic E-state index is 13.0. The van der Waals surface area contributed by atoms with E-state index in [4.69, 9.17) is 14.2 Å². The summed E-state index contributed by atoms with van der Waals surface area (Å²) in [4.78, 5) is 47.8. The number of fused-ring (bicyclic) bond motifs is 2. The van der Waals surface area contributed by atoms with Gasteiger partial charge in [0.15, 0.2) is 6.61 Å². The summed E-state index contributed by atoms with van der Waals surface area (Å²) >= 11 is 0. The van der Waals surface area contributed by atoms with Crippen LogP contribution in [0.3, 0.4) is 0 Å². The van der Waals surface area contributed by atoms with Gasteiger partial charge >= 0.3 is 12.0 Å². The van der Waals surface area contributed by atoms with Crippen molar-refractivity contribution in [3.05, 3.63) is 94.5 Å². The highest BCUT2D eigenvalue weighted by molar-refractivity contribution is 5.78. The predicted molar refractivity (Wildman–Crippen MR) is 249 cm³/mol. The van der Waals surface area contributed by atoms with Gasteiger partial charge in [-0.3, -0.25) is 19.4 Å². The van der Waals surface area contributed by atoms with Crippen LogP contribution in [0, 0.1) is 13.8 Å². The third-order valence-corrected chi connectivity index (χ3v) is 12.9. The fraction of sp³-hybridized carbons (Fsp3) is 0.588. The van der Waals surface area contributed by atoms with Gasteiger partial charge in [0.2, 0.25) is 0 Å². The van der Waals surface area contributed by atoms with E-state index in [1.807, 2.05) is 60.9 Å². The number of methoxy groups -OCH3 is 1. The lowest BCUT2D eigenvalue weighted by Gasteiger charge is -2.48. The molecule has 0 spiro atoms. The van der Waals surface area contributed by atoms with E-state index in [0.29, 0.717) is 44.0 Å². The maximum Gasteiger partial charge on any atom is 0.317 e. The normalized spacial score (nSPS) is 19.1. The van der Waals surface area contributed by atoms with Crippen LogP contribution in [0.4, 0.5) is 4.79 Å². The van der Waals surface area contributed by atoms with E-state index in [1.54, 1.807) is 7.11 Å². The Balaban J connectivity index is 0.799. The molecule has 2 unspecified atom stereocenters. The van der Waals surface area contributed by atoms with E-state index in [-0.39, 0.29) is 43.1 Å². The SMILES string of the molecule is COc1ccc(C)cc1CC(=O)OC1CC2CCCC(C1)N2CCCCCCNCc1ccc(OCC(=O)N2CCN(CCN(Cc3ccc(C)cc3)C(=O)NC(C)C)CC2)cc1. The number of rotatable bonds is 22. The van der Waals surface area contributed by atoms with Gasteiger partial charge in [0, 0.05) is 88.9 Å². The van der Waals surface area contributed by atoms with Crippen molar-refractivity contribution in [1.82, 2.24) is 30.2 Å². The molecule has 3 saturated heterocycles. The van der Waals surface area contributed by atoms with E-state index < -0.39 is 0 Å². The molecule has 0 aromatic heterocycles. The van der Waals surface area contributed by atoms with Crippen molar-refractivity contribution in [2.24, 2.45) is 0 Å². The van der Waals surface area contributed by atoms with E-state index in [9.17, 15) is 14.4 Å². The summed E-state index contributed by atoms with van der Waals surface area (Å²) < 4.78 is 17.4. The number of hydrogen-bond acceptors (Lipinski definition) is 9. The van der Waals surface area contributed by atoms with E-state index in [2.05, 4.69) is 63.8 Å². The van der Waals surface area contributed by atoms with Crippen LogP contribution in [0.2, 0.25) is 0 Å².